The van der Waals surface area contributed by atoms with Crippen LogP contribution in [-0.2, 0) is 11.3 Å². The lowest BCUT2D eigenvalue weighted by molar-refractivity contribution is -0.385. The molecule has 0 fully saturated rings. The molecule has 1 aromatic rings. The Morgan fingerprint density at radius 3 is 2.83 bits per heavy atom. The molecular weight excluding hydrogens is 302 g/mol. The van der Waals surface area contributed by atoms with Crippen molar-refractivity contribution in [3.8, 4) is 0 Å². The van der Waals surface area contributed by atoms with Crippen LogP contribution in [0.3, 0.4) is 0 Å². The van der Waals surface area contributed by atoms with Crippen LogP contribution in [0.1, 0.15) is 18.4 Å². The molecule has 0 saturated carbocycles. The Hall–Kier alpha value is -1.47. The van der Waals surface area contributed by atoms with E-state index in [0.29, 0.717) is 31.5 Å². The normalized spacial score (nSPS) is 10.3. The summed E-state index contributed by atoms with van der Waals surface area (Å²) in [7, 11) is 0. The minimum Gasteiger partial charge on any atom is -0.370 e. The third-order valence-electron chi connectivity index (χ3n) is 2.33. The van der Waals surface area contributed by atoms with Crippen LogP contribution in [0.2, 0.25) is 0 Å². The van der Waals surface area contributed by atoms with Gasteiger partial charge in [0.25, 0.3) is 5.69 Å². The minimum absolute atomic E-state index is 0.0839. The van der Waals surface area contributed by atoms with Crippen LogP contribution in [0, 0.1) is 10.1 Å². The molecule has 0 radical (unpaired) electrons. The van der Waals surface area contributed by atoms with E-state index in [-0.39, 0.29) is 11.6 Å². The van der Waals surface area contributed by atoms with Gasteiger partial charge in [0.2, 0.25) is 5.91 Å². The summed E-state index contributed by atoms with van der Waals surface area (Å²) in [4.78, 5) is 20.9. The summed E-state index contributed by atoms with van der Waals surface area (Å²) in [6.07, 6.45) is 0.935. The molecule has 6 nitrogen and oxygen atoms in total. The van der Waals surface area contributed by atoms with E-state index in [1.54, 1.807) is 12.1 Å². The number of benzene rings is 1. The highest BCUT2D eigenvalue weighted by Crippen LogP contribution is 2.22. The summed E-state index contributed by atoms with van der Waals surface area (Å²) in [5.74, 6) is -0.342. The number of carbonyl (C=O) groups excluding carboxylic acids is 1. The average Bonchev–Trinajstić information content (AvgIpc) is 2.27. The third kappa shape index (κ3) is 4.80. The first-order valence-corrected chi connectivity index (χ1v) is 6.22. The second kappa shape index (κ2) is 7.07. The van der Waals surface area contributed by atoms with Crippen LogP contribution in [0.4, 0.5) is 5.69 Å². The molecule has 98 valence electrons. The molecule has 0 aromatic heterocycles. The molecule has 1 rings (SSSR count). The molecule has 0 aliphatic heterocycles. The Bertz CT molecular complexity index is 451. The highest BCUT2D eigenvalue weighted by molar-refractivity contribution is 9.10. The van der Waals surface area contributed by atoms with Crippen molar-refractivity contribution in [2.45, 2.75) is 19.4 Å². The monoisotopic (exact) mass is 315 g/mol. The first-order valence-electron chi connectivity index (χ1n) is 5.42. The fraction of sp³-hybridized carbons (Fsp3) is 0.364. The number of hydrogen-bond acceptors (Lipinski definition) is 4. The highest BCUT2D eigenvalue weighted by atomic mass is 79.9. The van der Waals surface area contributed by atoms with Gasteiger partial charge in [-0.05, 0) is 25.1 Å². The molecule has 0 atom stereocenters. The quantitative estimate of drug-likeness (QED) is 0.454. The van der Waals surface area contributed by atoms with Crippen molar-refractivity contribution >= 4 is 27.5 Å². The van der Waals surface area contributed by atoms with Gasteiger partial charge in [-0.25, -0.2) is 0 Å². The van der Waals surface area contributed by atoms with Gasteiger partial charge in [0, 0.05) is 29.1 Å². The number of amides is 1. The number of primary amides is 1. The summed E-state index contributed by atoms with van der Waals surface area (Å²) in [5.41, 5.74) is 5.70. The number of rotatable bonds is 7. The first-order chi connectivity index (χ1) is 8.50. The topological polar surface area (TPSA) is 98.3 Å². The largest absolute Gasteiger partial charge is 0.370 e. The van der Waals surface area contributed by atoms with Crippen LogP contribution in [0.15, 0.2) is 22.7 Å². The van der Waals surface area contributed by atoms with E-state index in [0.717, 1.165) is 4.47 Å². The van der Waals surface area contributed by atoms with Crippen LogP contribution >= 0.6 is 15.9 Å². The van der Waals surface area contributed by atoms with E-state index in [2.05, 4.69) is 21.2 Å². The number of nitro groups is 1. The third-order valence-corrected chi connectivity index (χ3v) is 2.82. The standard InChI is InChI=1S/C11H14BrN3O3/c12-9-3-4-10(15(17)18)8(6-9)7-14-5-1-2-11(13)16/h3-4,6,14H,1-2,5,7H2,(H2,13,16). The van der Waals surface area contributed by atoms with Gasteiger partial charge in [-0.2, -0.15) is 0 Å². The van der Waals surface area contributed by atoms with Gasteiger partial charge in [0.05, 0.1) is 4.92 Å². The van der Waals surface area contributed by atoms with Crippen LogP contribution in [0.25, 0.3) is 0 Å². The summed E-state index contributed by atoms with van der Waals surface area (Å²) in [5, 5.41) is 13.9. The van der Waals surface area contributed by atoms with E-state index in [9.17, 15) is 14.9 Å². The number of nitro benzene ring substituents is 1. The Kier molecular flexibility index (Phi) is 5.73. The zero-order valence-corrected chi connectivity index (χ0v) is 11.3. The second-order valence-corrected chi connectivity index (χ2v) is 4.69. The van der Waals surface area contributed by atoms with Gasteiger partial charge >= 0.3 is 0 Å². The molecule has 0 saturated heterocycles. The lowest BCUT2D eigenvalue weighted by Gasteiger charge is -2.05. The number of hydrogen-bond donors (Lipinski definition) is 2. The average molecular weight is 316 g/mol. The van der Waals surface area contributed by atoms with Crippen molar-refractivity contribution < 1.29 is 9.72 Å². The van der Waals surface area contributed by atoms with E-state index in [1.807, 2.05) is 0 Å². The predicted molar refractivity (Wildman–Crippen MR) is 70.9 cm³/mol. The molecule has 0 spiro atoms. The number of halogens is 1. The van der Waals surface area contributed by atoms with Crippen LogP contribution in [-0.4, -0.2) is 17.4 Å². The lowest BCUT2D eigenvalue weighted by atomic mass is 10.2. The second-order valence-electron chi connectivity index (χ2n) is 3.78. The molecule has 1 aromatic carbocycles. The van der Waals surface area contributed by atoms with Gasteiger partial charge in [-0.15, -0.1) is 0 Å². The molecule has 0 unspecified atom stereocenters. The zero-order valence-electron chi connectivity index (χ0n) is 9.69. The van der Waals surface area contributed by atoms with E-state index < -0.39 is 4.92 Å². The summed E-state index contributed by atoms with van der Waals surface area (Å²) in [6.45, 7) is 0.973. The molecule has 0 aliphatic rings. The van der Waals surface area contributed by atoms with Crippen molar-refractivity contribution in [2.24, 2.45) is 5.73 Å². The Labute approximate surface area is 113 Å². The van der Waals surface area contributed by atoms with Crippen LogP contribution < -0.4 is 11.1 Å². The SMILES string of the molecule is NC(=O)CCCNCc1cc(Br)ccc1[N+](=O)[O-]. The van der Waals surface area contributed by atoms with Gasteiger partial charge < -0.3 is 11.1 Å². The molecule has 3 N–H and O–H groups in total. The predicted octanol–water partition coefficient (Wildman–Crippen LogP) is 1.71. The minimum atomic E-state index is -0.410. The number of nitrogens with two attached hydrogens (primary N) is 1. The maximum Gasteiger partial charge on any atom is 0.273 e. The van der Waals surface area contributed by atoms with Crippen molar-refractivity contribution in [1.29, 1.82) is 0 Å². The molecular formula is C11H14BrN3O3. The number of carbonyl (C=O) groups is 1. The Morgan fingerprint density at radius 2 is 2.22 bits per heavy atom. The Balaban J connectivity index is 2.53. The first kappa shape index (κ1) is 14.6. The fourth-order valence-electron chi connectivity index (χ4n) is 1.48. The molecule has 0 aliphatic carbocycles. The molecule has 0 bridgehead atoms. The van der Waals surface area contributed by atoms with E-state index in [1.165, 1.54) is 6.07 Å². The van der Waals surface area contributed by atoms with Gasteiger partial charge in [0.1, 0.15) is 0 Å². The summed E-state index contributed by atoms with van der Waals surface area (Å²) in [6, 6.07) is 4.80. The maximum atomic E-state index is 10.8. The highest BCUT2D eigenvalue weighted by Gasteiger charge is 2.12. The molecule has 18 heavy (non-hydrogen) atoms. The summed E-state index contributed by atoms with van der Waals surface area (Å²) >= 11 is 3.28. The summed E-state index contributed by atoms with van der Waals surface area (Å²) < 4.78 is 0.794. The van der Waals surface area contributed by atoms with Gasteiger partial charge in [-0.1, -0.05) is 15.9 Å². The van der Waals surface area contributed by atoms with E-state index >= 15 is 0 Å². The molecule has 7 heteroatoms. The smallest absolute Gasteiger partial charge is 0.273 e. The molecule has 1 amide bonds. The maximum absolute atomic E-state index is 10.8. The van der Waals surface area contributed by atoms with Gasteiger partial charge in [0.15, 0.2) is 0 Å². The molecule has 0 heterocycles. The van der Waals surface area contributed by atoms with Gasteiger partial charge in [-0.3, -0.25) is 14.9 Å². The van der Waals surface area contributed by atoms with Crippen molar-refractivity contribution in [1.82, 2.24) is 5.32 Å². The lowest BCUT2D eigenvalue weighted by Crippen LogP contribution is -2.18. The van der Waals surface area contributed by atoms with E-state index in [4.69, 9.17) is 5.73 Å². The van der Waals surface area contributed by atoms with Crippen molar-refractivity contribution in [3.63, 3.8) is 0 Å². The van der Waals surface area contributed by atoms with Crippen molar-refractivity contribution in [2.75, 3.05) is 6.54 Å². The number of nitrogens with zero attached hydrogens (tertiary/aromatic N) is 1. The van der Waals surface area contributed by atoms with Crippen molar-refractivity contribution in [3.05, 3.63) is 38.3 Å². The Morgan fingerprint density at radius 1 is 1.50 bits per heavy atom. The van der Waals surface area contributed by atoms with Crippen LogP contribution in [0.5, 0.6) is 0 Å². The fourth-order valence-corrected chi connectivity index (χ4v) is 1.89. The number of nitrogens with one attached hydrogen (secondary N) is 1. The zero-order chi connectivity index (χ0) is 13.5.